The third kappa shape index (κ3) is 26.8. The standard InChI is InChI=1S/C28H59NO5P/c1-5-8-9-10-11-12-13-14-15-16-17-18-19-20-21-22-24-31-26-28(6-2)27-33-35(30)34-32-25-23-29(4)7-3/h28H,5-27H2,1-4H3/q+1. The van der Waals surface area contributed by atoms with E-state index in [1.165, 1.54) is 96.3 Å². The topological polar surface area (TPSA) is 57.2 Å². The number of likely N-dealkylation sites (N-methyl/N-ethyl adjacent to an activating group) is 1. The van der Waals surface area contributed by atoms with Crippen LogP contribution < -0.4 is 0 Å². The molecule has 7 heteroatoms. The van der Waals surface area contributed by atoms with Crippen molar-refractivity contribution in [1.82, 2.24) is 4.90 Å². The predicted octanol–water partition coefficient (Wildman–Crippen LogP) is 8.86. The largest absolute Gasteiger partial charge is 0.728 e. The lowest BCUT2D eigenvalue weighted by Crippen LogP contribution is -2.22. The van der Waals surface area contributed by atoms with E-state index in [1.807, 2.05) is 7.05 Å². The lowest BCUT2D eigenvalue weighted by atomic mass is 10.0. The number of hydrogen-bond acceptors (Lipinski definition) is 6. The fraction of sp³-hybridized carbons (Fsp3) is 1.00. The van der Waals surface area contributed by atoms with Gasteiger partial charge >= 0.3 is 8.25 Å². The Balaban J connectivity index is 3.37. The van der Waals surface area contributed by atoms with Gasteiger partial charge in [0.2, 0.25) is 0 Å². The van der Waals surface area contributed by atoms with Crippen LogP contribution in [-0.4, -0.2) is 51.5 Å². The number of nitrogens with zero attached hydrogens (tertiary/aromatic N) is 1. The van der Waals surface area contributed by atoms with Gasteiger partial charge in [0, 0.05) is 23.6 Å². The van der Waals surface area contributed by atoms with Crippen molar-refractivity contribution >= 4 is 8.25 Å². The summed E-state index contributed by atoms with van der Waals surface area (Å²) < 4.78 is 27.6. The number of ether oxygens (including phenoxy) is 1. The Bertz CT molecular complexity index is 442. The minimum Gasteiger partial charge on any atom is -0.381 e. The zero-order chi connectivity index (χ0) is 25.8. The highest BCUT2D eigenvalue weighted by Gasteiger charge is 2.24. The van der Waals surface area contributed by atoms with Gasteiger partial charge in [-0.15, -0.1) is 4.52 Å². The molecule has 0 aliphatic carbocycles. The van der Waals surface area contributed by atoms with Crippen molar-refractivity contribution < 1.29 is 23.4 Å². The minimum absolute atomic E-state index is 0.227. The summed E-state index contributed by atoms with van der Waals surface area (Å²) in [4.78, 5) is 7.04. The van der Waals surface area contributed by atoms with Gasteiger partial charge in [-0.2, -0.15) is 4.89 Å². The molecule has 0 aromatic heterocycles. The number of rotatable bonds is 29. The first-order valence-electron chi connectivity index (χ1n) is 14.8. The molecule has 0 spiro atoms. The normalized spacial score (nSPS) is 13.0. The Hall–Kier alpha value is -0.100. The van der Waals surface area contributed by atoms with Gasteiger partial charge in [-0.3, -0.25) is 0 Å². The molecule has 0 N–H and O–H groups in total. The molecule has 0 amide bonds. The highest BCUT2D eigenvalue weighted by Crippen LogP contribution is 2.25. The zero-order valence-electron chi connectivity index (χ0n) is 23.8. The molecule has 2 atom stereocenters. The van der Waals surface area contributed by atoms with Gasteiger partial charge in [-0.05, 0) is 26.4 Å². The van der Waals surface area contributed by atoms with Crippen molar-refractivity contribution in [1.29, 1.82) is 0 Å². The van der Waals surface area contributed by atoms with Crippen LogP contribution in [-0.2, 0) is 23.4 Å². The van der Waals surface area contributed by atoms with Crippen LogP contribution in [0.2, 0.25) is 0 Å². The molecule has 0 saturated heterocycles. The zero-order valence-corrected chi connectivity index (χ0v) is 24.7. The van der Waals surface area contributed by atoms with Crippen LogP contribution in [0.1, 0.15) is 130 Å². The van der Waals surface area contributed by atoms with Crippen LogP contribution in [0.5, 0.6) is 0 Å². The third-order valence-corrected chi connectivity index (χ3v) is 7.29. The van der Waals surface area contributed by atoms with Crippen LogP contribution in [0.15, 0.2) is 0 Å². The molecule has 0 fully saturated rings. The summed E-state index contributed by atoms with van der Waals surface area (Å²) in [5, 5.41) is 0. The fourth-order valence-electron chi connectivity index (χ4n) is 3.91. The molecule has 0 radical (unpaired) electrons. The maximum absolute atomic E-state index is 11.7. The van der Waals surface area contributed by atoms with Gasteiger partial charge < -0.3 is 9.64 Å². The Labute approximate surface area is 219 Å². The molecule has 0 aromatic carbocycles. The van der Waals surface area contributed by atoms with E-state index in [0.29, 0.717) is 19.8 Å². The second kappa shape index (κ2) is 28.5. The van der Waals surface area contributed by atoms with Crippen molar-refractivity contribution in [3.63, 3.8) is 0 Å². The SMILES string of the molecule is CCCCCCCCCCCCCCCCCCOCC(CC)CO[P+](=O)OOCCN(C)CC. The van der Waals surface area contributed by atoms with Crippen LogP contribution >= 0.6 is 8.25 Å². The Morgan fingerprint density at radius 3 is 1.69 bits per heavy atom. The minimum atomic E-state index is -2.24. The summed E-state index contributed by atoms with van der Waals surface area (Å²) >= 11 is 0. The molecule has 6 nitrogen and oxygen atoms in total. The molecule has 2 unspecified atom stereocenters. The van der Waals surface area contributed by atoms with Crippen LogP contribution in [0.25, 0.3) is 0 Å². The average Bonchev–Trinajstić information content (AvgIpc) is 2.87. The van der Waals surface area contributed by atoms with Gasteiger partial charge in [0.25, 0.3) is 0 Å². The van der Waals surface area contributed by atoms with Crippen molar-refractivity contribution in [2.75, 3.05) is 46.6 Å². The molecule has 0 aliphatic heterocycles. The van der Waals surface area contributed by atoms with E-state index in [4.69, 9.17) is 18.8 Å². The summed E-state index contributed by atoms with van der Waals surface area (Å²) in [6.45, 7) is 10.3. The highest BCUT2D eigenvalue weighted by atomic mass is 31.1. The van der Waals surface area contributed by atoms with Gasteiger partial charge in [0.15, 0.2) is 0 Å². The second-order valence-corrected chi connectivity index (χ2v) is 10.8. The van der Waals surface area contributed by atoms with Gasteiger partial charge in [0.05, 0.1) is 17.9 Å². The number of unbranched alkanes of at least 4 members (excludes halogenated alkanes) is 15. The predicted molar refractivity (Wildman–Crippen MR) is 148 cm³/mol. The summed E-state index contributed by atoms with van der Waals surface area (Å²) in [5.74, 6) is 0.227. The first-order chi connectivity index (χ1) is 17.1. The summed E-state index contributed by atoms with van der Waals surface area (Å²) in [7, 11) is -0.249. The van der Waals surface area contributed by atoms with E-state index >= 15 is 0 Å². The lowest BCUT2D eigenvalue weighted by molar-refractivity contribution is -0.211. The van der Waals surface area contributed by atoms with E-state index in [0.717, 1.165) is 32.5 Å². The molecule has 0 bridgehead atoms. The van der Waals surface area contributed by atoms with E-state index < -0.39 is 8.25 Å². The van der Waals surface area contributed by atoms with Gasteiger partial charge in [0.1, 0.15) is 6.61 Å². The van der Waals surface area contributed by atoms with Crippen molar-refractivity contribution in [3.05, 3.63) is 0 Å². The highest BCUT2D eigenvalue weighted by molar-refractivity contribution is 7.33. The third-order valence-electron chi connectivity index (χ3n) is 6.70. The Kier molecular flexibility index (Phi) is 28.4. The molecular weight excluding hydrogens is 461 g/mol. The molecule has 0 aliphatic rings. The van der Waals surface area contributed by atoms with Crippen LogP contribution in [0.3, 0.4) is 0 Å². The molecule has 0 aromatic rings. The van der Waals surface area contributed by atoms with E-state index in [2.05, 4.69) is 25.7 Å². The molecule has 210 valence electrons. The molecule has 0 saturated carbocycles. The monoisotopic (exact) mass is 520 g/mol. The molecule has 0 heterocycles. The van der Waals surface area contributed by atoms with Crippen molar-refractivity contribution in [3.8, 4) is 0 Å². The van der Waals surface area contributed by atoms with E-state index in [9.17, 15) is 4.57 Å². The summed E-state index contributed by atoms with van der Waals surface area (Å²) in [6.07, 6.45) is 23.0. The summed E-state index contributed by atoms with van der Waals surface area (Å²) in [6, 6.07) is 0. The second-order valence-electron chi connectivity index (χ2n) is 9.96. The van der Waals surface area contributed by atoms with Gasteiger partial charge in [-0.25, -0.2) is 0 Å². The quantitative estimate of drug-likeness (QED) is 0.0425. The lowest BCUT2D eigenvalue weighted by Gasteiger charge is -2.12. The Morgan fingerprint density at radius 1 is 0.686 bits per heavy atom. The van der Waals surface area contributed by atoms with Gasteiger partial charge in [-0.1, -0.05) is 117 Å². The van der Waals surface area contributed by atoms with Crippen LogP contribution in [0.4, 0.5) is 0 Å². The number of hydrogen-bond donors (Lipinski definition) is 0. The Morgan fingerprint density at radius 2 is 1.20 bits per heavy atom. The molecule has 0 rings (SSSR count). The molecular formula is C28H59NO5P+. The van der Waals surface area contributed by atoms with Crippen molar-refractivity contribution in [2.45, 2.75) is 130 Å². The summed E-state index contributed by atoms with van der Waals surface area (Å²) in [5.41, 5.74) is 0. The first kappa shape index (κ1) is 34.9. The van der Waals surface area contributed by atoms with E-state index in [-0.39, 0.29) is 5.92 Å². The molecule has 35 heavy (non-hydrogen) atoms. The first-order valence-corrected chi connectivity index (χ1v) is 15.9. The van der Waals surface area contributed by atoms with Crippen LogP contribution in [0, 0.1) is 5.92 Å². The maximum Gasteiger partial charge on any atom is 0.728 e. The fourth-order valence-corrected chi connectivity index (χ4v) is 4.44. The average molecular weight is 521 g/mol. The van der Waals surface area contributed by atoms with E-state index in [1.54, 1.807) is 0 Å². The maximum atomic E-state index is 11.7. The van der Waals surface area contributed by atoms with Crippen molar-refractivity contribution in [2.24, 2.45) is 5.92 Å². The smallest absolute Gasteiger partial charge is 0.381 e.